The highest BCUT2D eigenvalue weighted by Crippen LogP contribution is 2.48. The molecular formula is C41H31N3O. The summed E-state index contributed by atoms with van der Waals surface area (Å²) in [6, 6.07) is 37.9. The topological polar surface area (TPSA) is 67.9 Å². The highest BCUT2D eigenvalue weighted by Gasteiger charge is 2.36. The van der Waals surface area contributed by atoms with Crippen molar-refractivity contribution in [1.29, 1.82) is 10.5 Å². The minimum absolute atomic E-state index is 0.0654. The molecule has 4 aromatic carbocycles. The number of rotatable bonds is 6. The van der Waals surface area contributed by atoms with Gasteiger partial charge in [0.15, 0.2) is 5.78 Å². The van der Waals surface area contributed by atoms with Gasteiger partial charge < -0.3 is 4.90 Å². The predicted molar refractivity (Wildman–Crippen MR) is 182 cm³/mol. The van der Waals surface area contributed by atoms with Gasteiger partial charge in [0.25, 0.3) is 0 Å². The average Bonchev–Trinajstić information content (AvgIpc) is 3.44. The van der Waals surface area contributed by atoms with Crippen LogP contribution in [-0.2, 0) is 5.41 Å². The molecular weight excluding hydrogens is 550 g/mol. The van der Waals surface area contributed by atoms with Crippen molar-refractivity contribution in [1.82, 2.24) is 0 Å². The Balaban J connectivity index is 1.44. The van der Waals surface area contributed by atoms with Crippen LogP contribution in [0.3, 0.4) is 0 Å². The normalized spacial score (nSPS) is 15.8. The SMILES string of the molecule is C=C/C(=C\C1=C(C)c2ccc(/C=C3\C(=O)c4ccccc4C3=C(C#N)C#N)cc2C1(C)C)N(c1ccccc1)c1ccccc1. The lowest BCUT2D eigenvalue weighted by molar-refractivity contribution is 0.104. The summed E-state index contributed by atoms with van der Waals surface area (Å²) in [6.45, 7) is 10.8. The van der Waals surface area contributed by atoms with Gasteiger partial charge in [-0.25, -0.2) is 0 Å². The quantitative estimate of drug-likeness (QED) is 0.129. The molecule has 2 aliphatic carbocycles. The summed E-state index contributed by atoms with van der Waals surface area (Å²) in [7, 11) is 0. The summed E-state index contributed by atoms with van der Waals surface area (Å²) in [4.78, 5) is 15.7. The van der Waals surface area contributed by atoms with Crippen molar-refractivity contribution in [2.24, 2.45) is 0 Å². The summed E-state index contributed by atoms with van der Waals surface area (Å²) in [5.41, 5.74) is 9.98. The number of hydrogen-bond donors (Lipinski definition) is 0. The molecule has 0 radical (unpaired) electrons. The van der Waals surface area contributed by atoms with Gasteiger partial charge in [-0.1, -0.05) is 99.3 Å². The van der Waals surface area contributed by atoms with Crippen LogP contribution in [0.2, 0.25) is 0 Å². The fraction of sp³-hybridized carbons (Fsp3) is 0.0976. The Morgan fingerprint density at radius 2 is 1.38 bits per heavy atom. The van der Waals surface area contributed by atoms with Gasteiger partial charge in [-0.3, -0.25) is 4.79 Å². The third-order valence-electron chi connectivity index (χ3n) is 8.73. The third kappa shape index (κ3) is 4.93. The molecule has 0 amide bonds. The van der Waals surface area contributed by atoms with Crippen molar-refractivity contribution in [2.45, 2.75) is 26.2 Å². The number of nitrogens with zero attached hydrogens (tertiary/aromatic N) is 3. The Kier molecular flexibility index (Phi) is 7.51. The first-order valence-electron chi connectivity index (χ1n) is 14.8. The van der Waals surface area contributed by atoms with Crippen LogP contribution in [0.1, 0.15) is 53.4 Å². The standard InChI is InChI=1S/C41H31N3O/c1-5-30(44(31-14-8-6-9-15-31)32-16-10-7-11-17-32)24-37-27(2)33-21-20-28(23-38(33)41(37,3)4)22-36-39(29(25-42)26-43)34-18-12-13-19-35(34)40(36)45/h5-24H,1H2,2-4H3/b30-24+,36-22-. The molecule has 2 aliphatic rings. The molecule has 0 aromatic heterocycles. The number of fused-ring (bicyclic) bond motifs is 2. The molecule has 0 spiro atoms. The van der Waals surface area contributed by atoms with E-state index in [2.05, 4.69) is 74.7 Å². The summed E-state index contributed by atoms with van der Waals surface area (Å²) >= 11 is 0. The van der Waals surface area contributed by atoms with Crippen LogP contribution in [0.25, 0.3) is 17.2 Å². The van der Waals surface area contributed by atoms with Gasteiger partial charge in [-0.15, -0.1) is 0 Å². The van der Waals surface area contributed by atoms with Crippen LogP contribution < -0.4 is 4.90 Å². The van der Waals surface area contributed by atoms with Gasteiger partial charge in [-0.05, 0) is 82.8 Å². The van der Waals surface area contributed by atoms with Crippen LogP contribution in [0.4, 0.5) is 11.4 Å². The first-order valence-corrected chi connectivity index (χ1v) is 14.8. The van der Waals surface area contributed by atoms with E-state index < -0.39 is 0 Å². The molecule has 4 heteroatoms. The monoisotopic (exact) mass is 581 g/mol. The molecule has 216 valence electrons. The Hall–Kier alpha value is -5.97. The molecule has 45 heavy (non-hydrogen) atoms. The molecule has 0 fully saturated rings. The Morgan fingerprint density at radius 1 is 0.800 bits per heavy atom. The summed E-state index contributed by atoms with van der Waals surface area (Å²) in [5.74, 6) is -0.182. The van der Waals surface area contributed by atoms with E-state index in [1.54, 1.807) is 18.2 Å². The van der Waals surface area contributed by atoms with E-state index in [0.717, 1.165) is 33.8 Å². The smallest absolute Gasteiger partial charge is 0.194 e. The second-order valence-corrected chi connectivity index (χ2v) is 11.7. The highest BCUT2D eigenvalue weighted by atomic mass is 16.1. The lowest BCUT2D eigenvalue weighted by Gasteiger charge is -2.29. The van der Waals surface area contributed by atoms with Crippen LogP contribution in [0, 0.1) is 22.7 Å². The lowest BCUT2D eigenvalue weighted by Crippen LogP contribution is -2.20. The van der Waals surface area contributed by atoms with Gasteiger partial charge >= 0.3 is 0 Å². The van der Waals surface area contributed by atoms with E-state index in [1.807, 2.05) is 72.8 Å². The second kappa shape index (κ2) is 11.6. The van der Waals surface area contributed by atoms with Crippen molar-refractivity contribution in [3.8, 4) is 12.1 Å². The third-order valence-corrected chi connectivity index (χ3v) is 8.73. The summed E-state index contributed by atoms with van der Waals surface area (Å²) in [6.07, 6.45) is 5.94. The van der Waals surface area contributed by atoms with Crippen molar-refractivity contribution in [3.63, 3.8) is 0 Å². The van der Waals surface area contributed by atoms with Crippen LogP contribution in [0.15, 0.2) is 144 Å². The number of Topliss-reactive ketones (excluding diaryl/α,β-unsaturated/α-hetero) is 1. The molecule has 0 bridgehead atoms. The number of carbonyl (C=O) groups is 1. The minimum Gasteiger partial charge on any atom is -0.311 e. The Morgan fingerprint density at radius 3 is 1.96 bits per heavy atom. The number of anilines is 2. The number of carbonyl (C=O) groups excluding carboxylic acids is 1. The first-order chi connectivity index (χ1) is 21.8. The van der Waals surface area contributed by atoms with Crippen molar-refractivity contribution in [2.75, 3.05) is 4.90 Å². The zero-order valence-electron chi connectivity index (χ0n) is 25.5. The molecule has 0 saturated heterocycles. The first kappa shape index (κ1) is 29.1. The number of benzene rings is 4. The number of nitriles is 2. The number of allylic oxidation sites excluding steroid dienone is 7. The summed E-state index contributed by atoms with van der Waals surface area (Å²) < 4.78 is 0. The maximum atomic E-state index is 13.5. The average molecular weight is 582 g/mol. The van der Waals surface area contributed by atoms with Gasteiger partial charge in [0, 0.05) is 39.2 Å². The van der Waals surface area contributed by atoms with E-state index in [1.165, 1.54) is 11.1 Å². The number of ketones is 1. The molecule has 4 aromatic rings. The molecule has 6 rings (SSSR count). The molecule has 0 aliphatic heterocycles. The maximum Gasteiger partial charge on any atom is 0.194 e. The van der Waals surface area contributed by atoms with Crippen molar-refractivity contribution >= 4 is 34.4 Å². The van der Waals surface area contributed by atoms with Crippen molar-refractivity contribution < 1.29 is 4.79 Å². The number of para-hydroxylation sites is 2. The maximum absolute atomic E-state index is 13.5. The Labute approximate surface area is 264 Å². The van der Waals surface area contributed by atoms with Crippen molar-refractivity contribution in [3.05, 3.63) is 172 Å². The zero-order chi connectivity index (χ0) is 31.7. The molecule has 0 saturated carbocycles. The molecule has 0 atom stereocenters. The summed E-state index contributed by atoms with van der Waals surface area (Å²) in [5, 5.41) is 19.4. The van der Waals surface area contributed by atoms with Crippen LogP contribution in [0.5, 0.6) is 0 Å². The lowest BCUT2D eigenvalue weighted by atomic mass is 9.80. The van der Waals surface area contributed by atoms with Gasteiger partial charge in [0.2, 0.25) is 0 Å². The van der Waals surface area contributed by atoms with E-state index in [9.17, 15) is 15.3 Å². The van der Waals surface area contributed by atoms with Gasteiger partial charge in [0.05, 0.1) is 0 Å². The zero-order valence-corrected chi connectivity index (χ0v) is 25.5. The van der Waals surface area contributed by atoms with E-state index in [-0.39, 0.29) is 16.8 Å². The van der Waals surface area contributed by atoms with E-state index >= 15 is 0 Å². The van der Waals surface area contributed by atoms with Gasteiger partial charge in [0.1, 0.15) is 17.7 Å². The predicted octanol–water partition coefficient (Wildman–Crippen LogP) is 9.74. The molecule has 4 nitrogen and oxygen atoms in total. The van der Waals surface area contributed by atoms with E-state index in [4.69, 9.17) is 0 Å². The fourth-order valence-corrected chi connectivity index (χ4v) is 6.52. The number of hydrogen-bond acceptors (Lipinski definition) is 4. The van der Waals surface area contributed by atoms with Gasteiger partial charge in [-0.2, -0.15) is 10.5 Å². The largest absolute Gasteiger partial charge is 0.311 e. The van der Waals surface area contributed by atoms with E-state index in [0.29, 0.717) is 22.3 Å². The molecule has 0 unspecified atom stereocenters. The molecule has 0 N–H and O–H groups in total. The molecule has 0 heterocycles. The Bertz CT molecular complexity index is 2020. The minimum atomic E-state index is -0.354. The fourth-order valence-electron chi connectivity index (χ4n) is 6.52. The second-order valence-electron chi connectivity index (χ2n) is 11.7. The highest BCUT2D eigenvalue weighted by molar-refractivity contribution is 6.29. The van der Waals surface area contributed by atoms with Crippen LogP contribution in [-0.4, -0.2) is 5.78 Å². The van der Waals surface area contributed by atoms with Crippen LogP contribution >= 0.6 is 0 Å².